The molecule has 16 heavy (non-hydrogen) atoms. The van der Waals surface area contributed by atoms with Crippen molar-refractivity contribution in [3.05, 3.63) is 12.1 Å². The second kappa shape index (κ2) is 5.00. The molecule has 0 aliphatic carbocycles. The molecule has 0 saturated heterocycles. The van der Waals surface area contributed by atoms with Crippen molar-refractivity contribution in [3.63, 3.8) is 0 Å². The lowest BCUT2D eigenvalue weighted by Crippen LogP contribution is -2.28. The van der Waals surface area contributed by atoms with Gasteiger partial charge in [-0.05, 0) is 3.95 Å². The van der Waals surface area contributed by atoms with Gasteiger partial charge in [-0.25, -0.2) is 0 Å². The van der Waals surface area contributed by atoms with Crippen molar-refractivity contribution in [2.75, 3.05) is 13.7 Å². The largest absolute Gasteiger partial charge is 0.469 e. The summed E-state index contributed by atoms with van der Waals surface area (Å²) in [5.41, 5.74) is 0. The van der Waals surface area contributed by atoms with E-state index in [1.807, 2.05) is 0 Å². The topological polar surface area (TPSA) is 49.6 Å². The Morgan fingerprint density at radius 1 is 1.56 bits per heavy atom. The Morgan fingerprint density at radius 2 is 2.12 bits per heavy atom. The Balaban J connectivity index is 2.89. The van der Waals surface area contributed by atoms with Crippen molar-refractivity contribution in [1.29, 1.82) is 0 Å². The minimum Gasteiger partial charge on any atom is -0.438 e. The van der Waals surface area contributed by atoms with Crippen LogP contribution in [0.4, 0.5) is 0 Å². The molecule has 0 radical (unpaired) electrons. The Kier molecular flexibility index (Phi) is 4.34. The zero-order chi connectivity index (χ0) is 12.5. The second-order valence-electron chi connectivity index (χ2n) is 3.21. The fourth-order valence-corrected chi connectivity index (χ4v) is 1.95. The molecular weight excluding hydrogens is 299 g/mol. The molecule has 0 aromatic heterocycles. The summed E-state index contributed by atoms with van der Waals surface area (Å²) in [6, 6.07) is 0. The molecular formula is C7H10Cl3N2O3S+. The first-order valence-electron chi connectivity index (χ1n) is 4.24. The number of hydrogen-bond acceptors (Lipinski definition) is 4. The van der Waals surface area contributed by atoms with E-state index in [9.17, 15) is 8.42 Å². The zero-order valence-corrected chi connectivity index (χ0v) is 11.6. The smallest absolute Gasteiger partial charge is 0.438 e. The molecule has 0 aromatic carbocycles. The highest BCUT2D eigenvalue weighted by Gasteiger charge is 2.37. The predicted octanol–water partition coefficient (Wildman–Crippen LogP) is 1.54. The number of halogens is 3. The van der Waals surface area contributed by atoms with Crippen LogP contribution in [-0.2, 0) is 15.2 Å². The van der Waals surface area contributed by atoms with Gasteiger partial charge in [-0.2, -0.15) is 0 Å². The molecule has 1 rings (SSSR count). The van der Waals surface area contributed by atoms with E-state index in [2.05, 4.69) is 0 Å². The summed E-state index contributed by atoms with van der Waals surface area (Å²) < 4.78 is 26.6. The molecule has 1 aliphatic rings. The van der Waals surface area contributed by atoms with Gasteiger partial charge in [0.1, 0.15) is 12.8 Å². The lowest BCUT2D eigenvalue weighted by Gasteiger charge is -2.10. The van der Waals surface area contributed by atoms with Crippen LogP contribution in [0, 0.1) is 0 Å². The van der Waals surface area contributed by atoms with E-state index in [4.69, 9.17) is 39.5 Å². The van der Waals surface area contributed by atoms with Gasteiger partial charge in [-0.1, -0.05) is 34.8 Å². The van der Waals surface area contributed by atoms with Crippen molar-refractivity contribution in [1.82, 2.24) is 4.90 Å². The maximum atomic E-state index is 11.0. The monoisotopic (exact) mass is 307 g/mol. The molecule has 0 spiro atoms. The molecule has 0 saturated carbocycles. The van der Waals surface area contributed by atoms with Gasteiger partial charge in [-0.3, -0.25) is 0 Å². The van der Waals surface area contributed by atoms with Gasteiger partial charge in [0.25, 0.3) is 6.17 Å². The molecule has 5 nitrogen and oxygen atoms in total. The Hall–Kier alpha value is -0.170. The Morgan fingerprint density at radius 3 is 2.56 bits per heavy atom. The lowest BCUT2D eigenvalue weighted by atomic mass is 10.6. The zero-order valence-electron chi connectivity index (χ0n) is 8.52. The molecule has 0 amide bonds. The molecule has 1 aliphatic heterocycles. The molecule has 0 aromatic rings. The van der Waals surface area contributed by atoms with Gasteiger partial charge in [0.15, 0.2) is 0 Å². The third kappa shape index (κ3) is 3.41. The first-order chi connectivity index (χ1) is 7.22. The summed E-state index contributed by atoms with van der Waals surface area (Å²) in [6.07, 6.45) is 1.17. The number of rotatable bonds is 2. The van der Waals surface area contributed by atoms with E-state index in [0.717, 1.165) is 3.95 Å². The summed E-state index contributed by atoms with van der Waals surface area (Å²) in [5.74, 6) is 0.134. The van der Waals surface area contributed by atoms with Crippen LogP contribution in [0.1, 0.15) is 6.92 Å². The third-order valence-corrected chi connectivity index (χ3v) is 3.14. The number of alkyl halides is 3. The maximum Gasteiger partial charge on any atom is 0.469 e. The first-order valence-corrected chi connectivity index (χ1v) is 6.41. The molecule has 9 heteroatoms. The summed E-state index contributed by atoms with van der Waals surface area (Å²) in [6.45, 7) is 1.48. The fraction of sp³-hybridized carbons (Fsp3) is 0.714. The predicted molar refractivity (Wildman–Crippen MR) is 60.7 cm³/mol. The lowest BCUT2D eigenvalue weighted by molar-refractivity contribution is -0.526. The normalized spacial score (nSPS) is 21.1. The second-order valence-corrected chi connectivity index (χ2v) is 6.56. The molecule has 0 N–H and O–H groups in total. The maximum absolute atomic E-state index is 11.0. The fourth-order valence-electron chi connectivity index (χ4n) is 1.14. The van der Waals surface area contributed by atoms with Gasteiger partial charge in [-0.15, -0.1) is 8.42 Å². The summed E-state index contributed by atoms with van der Waals surface area (Å²) in [7, 11) is -0.712. The van der Waals surface area contributed by atoms with Crippen molar-refractivity contribution in [2.45, 2.75) is 16.9 Å². The average molecular weight is 309 g/mol. The number of nitrogens with zero attached hydrogens (tertiary/aromatic N) is 2. The highest BCUT2D eigenvalue weighted by atomic mass is 35.6. The quantitative estimate of drug-likeness (QED) is 0.573. The van der Waals surface area contributed by atoms with E-state index in [1.54, 1.807) is 18.9 Å². The minimum atomic E-state index is -2.43. The van der Waals surface area contributed by atoms with Crippen LogP contribution in [-0.4, -0.2) is 40.9 Å². The van der Waals surface area contributed by atoms with Crippen molar-refractivity contribution < 1.29 is 17.1 Å². The standard InChI is InChI=1S/C7H10Cl3N2O3S/c1-5-11(2)3-6(12(5)16(13)14)15-4-7(8,9)10/h3,5H,4H2,1-2H3/q+1. The van der Waals surface area contributed by atoms with Crippen LogP contribution >= 0.6 is 34.8 Å². The summed E-state index contributed by atoms with van der Waals surface area (Å²) in [4.78, 5) is 1.67. The molecule has 0 bridgehead atoms. The number of ether oxygens (including phenoxy) is 1. The molecule has 0 fully saturated rings. The summed E-state index contributed by atoms with van der Waals surface area (Å²) >= 11 is 16.5. The van der Waals surface area contributed by atoms with Gasteiger partial charge < -0.3 is 9.64 Å². The van der Waals surface area contributed by atoms with E-state index in [1.165, 1.54) is 6.20 Å². The van der Waals surface area contributed by atoms with E-state index >= 15 is 0 Å². The molecule has 1 heterocycles. The van der Waals surface area contributed by atoms with Crippen LogP contribution in [0.5, 0.6) is 0 Å². The van der Waals surface area contributed by atoms with Crippen LogP contribution in [0.3, 0.4) is 0 Å². The highest BCUT2D eigenvalue weighted by molar-refractivity contribution is 7.59. The third-order valence-electron chi connectivity index (χ3n) is 2.00. The average Bonchev–Trinajstić information content (AvgIpc) is 2.38. The van der Waals surface area contributed by atoms with Gasteiger partial charge in [0.05, 0.1) is 0 Å². The Bertz CT molecular complexity index is 432. The van der Waals surface area contributed by atoms with E-state index in [-0.39, 0.29) is 18.7 Å². The SMILES string of the molecule is CC1N(C)C=C(OCC(Cl)(Cl)Cl)[N+]1=S(=O)=O. The van der Waals surface area contributed by atoms with Crippen molar-refractivity contribution in [2.24, 2.45) is 0 Å². The van der Waals surface area contributed by atoms with Crippen LogP contribution in [0.15, 0.2) is 12.1 Å². The number of hydrogen-bond donors (Lipinski definition) is 0. The first kappa shape index (κ1) is 13.9. The van der Waals surface area contributed by atoms with Crippen LogP contribution in [0.25, 0.3) is 0 Å². The van der Waals surface area contributed by atoms with Gasteiger partial charge >= 0.3 is 16.4 Å². The van der Waals surface area contributed by atoms with Crippen LogP contribution < -0.4 is 0 Å². The Labute approximate surface area is 110 Å². The van der Waals surface area contributed by atoms with Crippen molar-refractivity contribution in [3.8, 4) is 0 Å². The molecule has 92 valence electrons. The highest BCUT2D eigenvalue weighted by Crippen LogP contribution is 2.28. The van der Waals surface area contributed by atoms with E-state index in [0.29, 0.717) is 0 Å². The molecule has 1 unspecified atom stereocenters. The van der Waals surface area contributed by atoms with Gasteiger partial charge in [0.2, 0.25) is 3.79 Å². The van der Waals surface area contributed by atoms with Gasteiger partial charge in [0, 0.05) is 14.0 Å². The molecule has 1 atom stereocenters. The van der Waals surface area contributed by atoms with E-state index < -0.39 is 14.3 Å². The van der Waals surface area contributed by atoms with Crippen LogP contribution in [0.2, 0.25) is 0 Å². The van der Waals surface area contributed by atoms with Crippen molar-refractivity contribution >= 4 is 45.3 Å². The summed E-state index contributed by atoms with van der Waals surface area (Å²) in [5, 5.41) is 0. The minimum absolute atomic E-state index is 0.134.